The first-order valence-electron chi connectivity index (χ1n) is 9.12. The second kappa shape index (κ2) is 6.89. The maximum Gasteiger partial charge on any atom is 0.433 e. The molecule has 0 radical (unpaired) electrons. The van der Waals surface area contributed by atoms with Gasteiger partial charge in [0.2, 0.25) is 5.91 Å². The molecular weight excluding hydrogens is 375 g/mol. The van der Waals surface area contributed by atoms with Crippen molar-refractivity contribution in [1.29, 1.82) is 0 Å². The molecule has 4 nitrogen and oxygen atoms in total. The van der Waals surface area contributed by atoms with Crippen LogP contribution in [0.3, 0.4) is 0 Å². The van der Waals surface area contributed by atoms with E-state index >= 15 is 0 Å². The Morgan fingerprint density at radius 1 is 1.33 bits per heavy atom. The lowest BCUT2D eigenvalue weighted by Gasteiger charge is -2.32. The third kappa shape index (κ3) is 3.85. The number of thiophene rings is 1. The third-order valence-electron chi connectivity index (χ3n) is 5.33. The van der Waals surface area contributed by atoms with Crippen LogP contribution in [-0.4, -0.2) is 33.9 Å². The molecule has 8 heteroatoms. The molecule has 3 heterocycles. The number of hydrogen-bond acceptors (Lipinski definition) is 4. The molecule has 0 aromatic carbocycles. The number of piperidine rings is 1. The van der Waals surface area contributed by atoms with Crippen molar-refractivity contribution in [3.05, 3.63) is 35.1 Å². The van der Waals surface area contributed by atoms with Crippen molar-refractivity contribution in [2.75, 3.05) is 13.1 Å². The fourth-order valence-electron chi connectivity index (χ4n) is 3.63. The number of alkyl halides is 3. The maximum atomic E-state index is 13.4. The zero-order valence-corrected chi connectivity index (χ0v) is 15.7. The minimum Gasteiger partial charge on any atom is -0.342 e. The van der Waals surface area contributed by atoms with Gasteiger partial charge in [0.15, 0.2) is 0 Å². The third-order valence-corrected chi connectivity index (χ3v) is 6.22. The number of rotatable bonds is 3. The Kier molecular flexibility index (Phi) is 4.70. The first kappa shape index (κ1) is 18.4. The van der Waals surface area contributed by atoms with E-state index in [0.29, 0.717) is 36.0 Å². The number of likely N-dealkylation sites (tertiary alicyclic amines) is 1. The summed E-state index contributed by atoms with van der Waals surface area (Å²) in [6.07, 6.45) is -2.18. The number of halogens is 3. The normalized spacial score (nSPS) is 25.5. The summed E-state index contributed by atoms with van der Waals surface area (Å²) in [7, 11) is 0. The fraction of sp³-hybridized carbons (Fsp3) is 0.526. The summed E-state index contributed by atoms with van der Waals surface area (Å²) in [5, 5.41) is 1.81. The Labute approximate surface area is 159 Å². The molecule has 1 aliphatic carbocycles. The Bertz CT molecular complexity index is 837. The zero-order chi connectivity index (χ0) is 19.2. The average molecular weight is 395 g/mol. The first-order valence-corrected chi connectivity index (χ1v) is 9.99. The van der Waals surface area contributed by atoms with Gasteiger partial charge in [-0.1, -0.05) is 13.0 Å². The highest BCUT2D eigenvalue weighted by Gasteiger charge is 2.43. The topological polar surface area (TPSA) is 46.1 Å². The number of carbonyl (C=O) groups excluding carboxylic acids is 1. The smallest absolute Gasteiger partial charge is 0.342 e. The lowest BCUT2D eigenvalue weighted by Crippen LogP contribution is -2.40. The van der Waals surface area contributed by atoms with E-state index in [1.807, 2.05) is 12.3 Å². The highest BCUT2D eigenvalue weighted by Crippen LogP contribution is 2.40. The quantitative estimate of drug-likeness (QED) is 0.764. The van der Waals surface area contributed by atoms with Crippen LogP contribution in [0.4, 0.5) is 13.2 Å². The van der Waals surface area contributed by atoms with Crippen molar-refractivity contribution in [2.24, 2.45) is 11.8 Å². The molecule has 3 atom stereocenters. The minimum absolute atomic E-state index is 0.0767. The molecule has 4 rings (SSSR count). The van der Waals surface area contributed by atoms with Crippen LogP contribution in [-0.2, 0) is 11.0 Å². The van der Waals surface area contributed by atoms with Gasteiger partial charge in [-0.25, -0.2) is 9.97 Å². The molecular formula is C19H20F3N3OS. The van der Waals surface area contributed by atoms with Crippen molar-refractivity contribution < 1.29 is 18.0 Å². The number of carbonyl (C=O) groups is 1. The molecule has 27 heavy (non-hydrogen) atoms. The number of nitrogens with zero attached hydrogens (tertiary/aromatic N) is 3. The van der Waals surface area contributed by atoms with E-state index in [-0.39, 0.29) is 23.6 Å². The predicted molar refractivity (Wildman–Crippen MR) is 96.2 cm³/mol. The van der Waals surface area contributed by atoms with Crippen LogP contribution in [0.25, 0.3) is 10.6 Å². The van der Waals surface area contributed by atoms with Gasteiger partial charge < -0.3 is 4.90 Å². The molecule has 2 aliphatic rings. The van der Waals surface area contributed by atoms with Crippen LogP contribution in [0.5, 0.6) is 0 Å². The minimum atomic E-state index is -4.53. The van der Waals surface area contributed by atoms with Crippen LogP contribution in [0.1, 0.15) is 43.6 Å². The molecule has 144 valence electrons. The summed E-state index contributed by atoms with van der Waals surface area (Å²) in [5.74, 6) is 0.533. The molecule has 2 aromatic rings. The maximum absolute atomic E-state index is 13.4. The molecule has 2 aromatic heterocycles. The second-order valence-electron chi connectivity index (χ2n) is 7.41. The Morgan fingerprint density at radius 3 is 2.74 bits per heavy atom. The summed E-state index contributed by atoms with van der Waals surface area (Å²) < 4.78 is 40.1. The average Bonchev–Trinajstić information content (AvgIpc) is 3.14. The fourth-order valence-corrected chi connectivity index (χ4v) is 4.32. The van der Waals surface area contributed by atoms with Gasteiger partial charge in [-0.05, 0) is 42.7 Å². The van der Waals surface area contributed by atoms with Gasteiger partial charge in [0.25, 0.3) is 0 Å². The van der Waals surface area contributed by atoms with Crippen LogP contribution >= 0.6 is 11.3 Å². The number of aromatic nitrogens is 2. The SMILES string of the molecule is C[C@@H]1C[C@H]1C(=O)N1CCC[C@@H](c2nc(-c3cccs3)cc(C(F)(F)F)n2)C1. The summed E-state index contributed by atoms with van der Waals surface area (Å²) in [4.78, 5) is 23.3. The van der Waals surface area contributed by atoms with Crippen molar-refractivity contribution in [2.45, 2.75) is 38.3 Å². The summed E-state index contributed by atoms with van der Waals surface area (Å²) in [6.45, 7) is 3.11. The molecule has 0 bridgehead atoms. The molecule has 0 N–H and O–H groups in total. The lowest BCUT2D eigenvalue weighted by atomic mass is 9.96. The highest BCUT2D eigenvalue weighted by molar-refractivity contribution is 7.13. The van der Waals surface area contributed by atoms with Gasteiger partial charge in [-0.15, -0.1) is 11.3 Å². The van der Waals surface area contributed by atoms with Crippen molar-refractivity contribution in [1.82, 2.24) is 14.9 Å². The van der Waals surface area contributed by atoms with Gasteiger partial charge in [0.1, 0.15) is 11.5 Å². The highest BCUT2D eigenvalue weighted by atomic mass is 32.1. The Morgan fingerprint density at radius 2 is 2.11 bits per heavy atom. The molecule has 1 amide bonds. The van der Waals surface area contributed by atoms with Gasteiger partial charge in [0, 0.05) is 24.9 Å². The van der Waals surface area contributed by atoms with Crippen LogP contribution in [0, 0.1) is 11.8 Å². The summed E-state index contributed by atoms with van der Waals surface area (Å²) in [5.41, 5.74) is -0.628. The van der Waals surface area contributed by atoms with E-state index < -0.39 is 11.9 Å². The van der Waals surface area contributed by atoms with E-state index in [1.54, 1.807) is 17.0 Å². The zero-order valence-electron chi connectivity index (χ0n) is 14.9. The molecule has 1 aliphatic heterocycles. The van der Waals surface area contributed by atoms with E-state index in [1.165, 1.54) is 11.3 Å². The van der Waals surface area contributed by atoms with Gasteiger partial charge >= 0.3 is 6.18 Å². The largest absolute Gasteiger partial charge is 0.433 e. The lowest BCUT2D eigenvalue weighted by molar-refractivity contribution is -0.141. The van der Waals surface area contributed by atoms with Crippen molar-refractivity contribution in [3.8, 4) is 10.6 Å². The number of hydrogen-bond donors (Lipinski definition) is 0. The van der Waals surface area contributed by atoms with Gasteiger partial charge in [0.05, 0.1) is 10.6 Å². The molecule has 2 fully saturated rings. The van der Waals surface area contributed by atoms with Gasteiger partial charge in [-0.3, -0.25) is 4.79 Å². The predicted octanol–water partition coefficient (Wildman–Crippen LogP) is 4.59. The summed E-state index contributed by atoms with van der Waals surface area (Å²) >= 11 is 1.35. The van der Waals surface area contributed by atoms with Crippen molar-refractivity contribution >= 4 is 17.2 Å². The molecule has 1 saturated heterocycles. The van der Waals surface area contributed by atoms with Crippen molar-refractivity contribution in [3.63, 3.8) is 0 Å². The standard InChI is InChI=1S/C19H20F3N3OS/c1-11-8-13(11)18(26)25-6-2-4-12(10-25)17-23-14(15-5-3-7-27-15)9-16(24-17)19(20,21)22/h3,5,7,9,11-13H,2,4,6,8,10H2,1H3/t11-,12-,13-/m1/s1. The molecule has 0 unspecified atom stereocenters. The molecule has 1 saturated carbocycles. The van der Waals surface area contributed by atoms with E-state index in [0.717, 1.165) is 18.9 Å². The van der Waals surface area contributed by atoms with E-state index in [2.05, 4.69) is 9.97 Å². The molecule has 0 spiro atoms. The first-order chi connectivity index (χ1) is 12.8. The van der Waals surface area contributed by atoms with E-state index in [9.17, 15) is 18.0 Å². The van der Waals surface area contributed by atoms with Gasteiger partial charge in [-0.2, -0.15) is 13.2 Å². The number of amides is 1. The Balaban J connectivity index is 1.63. The van der Waals surface area contributed by atoms with E-state index in [4.69, 9.17) is 0 Å². The second-order valence-corrected chi connectivity index (χ2v) is 8.36. The summed E-state index contributed by atoms with van der Waals surface area (Å²) in [6, 6.07) is 4.54. The van der Waals surface area contributed by atoms with Crippen LogP contribution in [0.15, 0.2) is 23.6 Å². The van der Waals surface area contributed by atoms with Crippen LogP contribution < -0.4 is 0 Å². The monoisotopic (exact) mass is 395 g/mol. The van der Waals surface area contributed by atoms with Crippen LogP contribution in [0.2, 0.25) is 0 Å². The Hall–Kier alpha value is -1.96.